The lowest BCUT2D eigenvalue weighted by Crippen LogP contribution is -2.49. The number of nitrogens with two attached hydrogens (primary N) is 1. The fourth-order valence-electron chi connectivity index (χ4n) is 3.27. The molecule has 5 heteroatoms. The number of hydrogen-bond donors (Lipinski definition) is 1. The van der Waals surface area contributed by atoms with Gasteiger partial charge in [0, 0.05) is 25.6 Å². The molecule has 1 fully saturated rings. The van der Waals surface area contributed by atoms with E-state index in [1.54, 1.807) is 14.2 Å². The normalized spacial score (nSPS) is 21.1. The third-order valence-corrected chi connectivity index (χ3v) is 4.67. The van der Waals surface area contributed by atoms with Crippen LogP contribution in [0.1, 0.15) is 31.7 Å². The zero-order chi connectivity index (χ0) is 16.8. The van der Waals surface area contributed by atoms with Crippen molar-refractivity contribution in [1.29, 1.82) is 0 Å². The summed E-state index contributed by atoms with van der Waals surface area (Å²) in [6.07, 6.45) is 3.17. The minimum Gasteiger partial charge on any atom is -0.497 e. The highest BCUT2D eigenvalue weighted by Gasteiger charge is 2.28. The van der Waals surface area contributed by atoms with Crippen LogP contribution < -0.4 is 15.2 Å². The number of amides is 1. The maximum atomic E-state index is 12.6. The second-order valence-electron chi connectivity index (χ2n) is 6.28. The number of methoxy groups -OCH3 is 2. The van der Waals surface area contributed by atoms with Crippen molar-refractivity contribution < 1.29 is 14.3 Å². The van der Waals surface area contributed by atoms with Crippen LogP contribution in [0.2, 0.25) is 0 Å². The van der Waals surface area contributed by atoms with E-state index in [9.17, 15) is 4.79 Å². The van der Waals surface area contributed by atoms with Gasteiger partial charge in [0.25, 0.3) is 0 Å². The molecular weight excluding hydrogens is 292 g/mol. The van der Waals surface area contributed by atoms with Crippen LogP contribution >= 0.6 is 0 Å². The molecule has 1 heterocycles. The van der Waals surface area contributed by atoms with E-state index in [0.29, 0.717) is 25.3 Å². The molecule has 2 unspecified atom stereocenters. The van der Waals surface area contributed by atoms with Crippen molar-refractivity contribution in [2.24, 2.45) is 11.7 Å². The number of piperidine rings is 1. The molecule has 1 aliphatic heterocycles. The molecule has 0 saturated carbocycles. The molecule has 2 atom stereocenters. The first-order valence-corrected chi connectivity index (χ1v) is 8.29. The van der Waals surface area contributed by atoms with Crippen LogP contribution in [-0.4, -0.2) is 44.2 Å². The van der Waals surface area contributed by atoms with Gasteiger partial charge in [0.15, 0.2) is 0 Å². The highest BCUT2D eigenvalue weighted by molar-refractivity contribution is 5.77. The number of rotatable bonds is 6. The summed E-state index contributed by atoms with van der Waals surface area (Å²) in [5.41, 5.74) is 6.85. The maximum absolute atomic E-state index is 12.6. The van der Waals surface area contributed by atoms with Crippen molar-refractivity contribution >= 4 is 5.91 Å². The number of carbonyl (C=O) groups excluding carboxylic acids is 1. The Bertz CT molecular complexity index is 533. The summed E-state index contributed by atoms with van der Waals surface area (Å²) in [6.45, 7) is 3.58. The fraction of sp³-hybridized carbons (Fsp3) is 0.611. The summed E-state index contributed by atoms with van der Waals surface area (Å²) >= 11 is 0. The summed E-state index contributed by atoms with van der Waals surface area (Å²) in [7, 11) is 3.28. The first-order valence-electron chi connectivity index (χ1n) is 8.29. The lowest BCUT2D eigenvalue weighted by atomic mass is 9.92. The number of aryl methyl sites for hydroxylation is 1. The molecule has 1 saturated heterocycles. The molecule has 2 rings (SSSR count). The first kappa shape index (κ1) is 17.6. The van der Waals surface area contributed by atoms with Crippen LogP contribution in [0, 0.1) is 5.92 Å². The van der Waals surface area contributed by atoms with Crippen LogP contribution in [0.5, 0.6) is 11.5 Å². The number of hydrogen-bond acceptors (Lipinski definition) is 4. The van der Waals surface area contributed by atoms with Crippen LogP contribution in [0.4, 0.5) is 0 Å². The average Bonchev–Trinajstić information content (AvgIpc) is 2.59. The summed E-state index contributed by atoms with van der Waals surface area (Å²) in [4.78, 5) is 14.6. The van der Waals surface area contributed by atoms with E-state index in [0.717, 1.165) is 36.4 Å². The van der Waals surface area contributed by atoms with Gasteiger partial charge in [-0.3, -0.25) is 4.79 Å². The lowest BCUT2D eigenvalue weighted by Gasteiger charge is -2.38. The molecule has 1 aliphatic rings. The molecule has 0 aromatic heterocycles. The maximum Gasteiger partial charge on any atom is 0.223 e. The third-order valence-electron chi connectivity index (χ3n) is 4.67. The van der Waals surface area contributed by atoms with Crippen LogP contribution in [0.25, 0.3) is 0 Å². The van der Waals surface area contributed by atoms with Gasteiger partial charge in [-0.15, -0.1) is 0 Å². The Kier molecular flexibility index (Phi) is 6.28. The number of ether oxygens (including phenoxy) is 2. The highest BCUT2D eigenvalue weighted by atomic mass is 16.5. The average molecular weight is 320 g/mol. The Balaban J connectivity index is 2.01. The van der Waals surface area contributed by atoms with Crippen molar-refractivity contribution in [3.05, 3.63) is 23.8 Å². The minimum absolute atomic E-state index is 0.178. The molecule has 23 heavy (non-hydrogen) atoms. The topological polar surface area (TPSA) is 64.8 Å². The SMILES string of the molecule is COc1ccc(OC)c(CCC(=O)N2CCC(C)CC2CN)c1. The van der Waals surface area contributed by atoms with E-state index in [4.69, 9.17) is 15.2 Å². The van der Waals surface area contributed by atoms with E-state index in [1.807, 2.05) is 23.1 Å². The second-order valence-corrected chi connectivity index (χ2v) is 6.28. The molecule has 0 bridgehead atoms. The van der Waals surface area contributed by atoms with Crippen LogP contribution in [-0.2, 0) is 11.2 Å². The van der Waals surface area contributed by atoms with E-state index in [2.05, 4.69) is 6.92 Å². The van der Waals surface area contributed by atoms with Gasteiger partial charge in [-0.1, -0.05) is 6.92 Å². The molecule has 2 N–H and O–H groups in total. The third kappa shape index (κ3) is 4.38. The quantitative estimate of drug-likeness (QED) is 0.873. The zero-order valence-corrected chi connectivity index (χ0v) is 14.4. The van der Waals surface area contributed by atoms with E-state index >= 15 is 0 Å². The van der Waals surface area contributed by atoms with Gasteiger partial charge in [-0.2, -0.15) is 0 Å². The number of benzene rings is 1. The Morgan fingerprint density at radius 3 is 2.78 bits per heavy atom. The largest absolute Gasteiger partial charge is 0.497 e. The van der Waals surface area contributed by atoms with Gasteiger partial charge in [0.2, 0.25) is 5.91 Å². The summed E-state index contributed by atoms with van der Waals surface area (Å²) < 4.78 is 10.6. The second kappa shape index (κ2) is 8.20. The van der Waals surface area contributed by atoms with Crippen molar-refractivity contribution in [3.63, 3.8) is 0 Å². The predicted molar refractivity (Wildman–Crippen MR) is 90.8 cm³/mol. The molecule has 0 spiro atoms. The fourth-order valence-corrected chi connectivity index (χ4v) is 3.27. The van der Waals surface area contributed by atoms with E-state index in [1.165, 1.54) is 0 Å². The Morgan fingerprint density at radius 2 is 2.13 bits per heavy atom. The van der Waals surface area contributed by atoms with Gasteiger partial charge in [0.05, 0.1) is 14.2 Å². The first-order chi connectivity index (χ1) is 11.1. The van der Waals surface area contributed by atoms with E-state index in [-0.39, 0.29) is 11.9 Å². The Hall–Kier alpha value is -1.75. The van der Waals surface area contributed by atoms with Crippen LogP contribution in [0.15, 0.2) is 18.2 Å². The molecule has 1 amide bonds. The molecule has 128 valence electrons. The summed E-state index contributed by atoms with van der Waals surface area (Å²) in [6, 6.07) is 5.86. The van der Waals surface area contributed by atoms with Crippen molar-refractivity contribution in [2.45, 2.75) is 38.6 Å². The molecule has 1 aromatic rings. The smallest absolute Gasteiger partial charge is 0.223 e. The molecule has 1 aromatic carbocycles. The number of likely N-dealkylation sites (tertiary alicyclic amines) is 1. The lowest BCUT2D eigenvalue weighted by molar-refractivity contribution is -0.135. The van der Waals surface area contributed by atoms with Gasteiger partial charge in [-0.05, 0) is 48.9 Å². The van der Waals surface area contributed by atoms with Gasteiger partial charge < -0.3 is 20.1 Å². The predicted octanol–water partition coefficient (Wildman–Crippen LogP) is 2.22. The highest BCUT2D eigenvalue weighted by Crippen LogP contribution is 2.27. The minimum atomic E-state index is 0.178. The molecule has 5 nitrogen and oxygen atoms in total. The van der Waals surface area contributed by atoms with Gasteiger partial charge in [-0.25, -0.2) is 0 Å². The molecule has 0 aliphatic carbocycles. The molecule has 0 radical (unpaired) electrons. The van der Waals surface area contributed by atoms with Crippen molar-refractivity contribution in [3.8, 4) is 11.5 Å². The Morgan fingerprint density at radius 1 is 1.35 bits per heavy atom. The van der Waals surface area contributed by atoms with Crippen molar-refractivity contribution in [1.82, 2.24) is 4.90 Å². The monoisotopic (exact) mass is 320 g/mol. The van der Waals surface area contributed by atoms with Gasteiger partial charge >= 0.3 is 0 Å². The standard InChI is InChI=1S/C18H28N2O3/c1-13-8-9-20(15(10-13)12-19)18(21)7-4-14-11-16(22-2)5-6-17(14)23-3/h5-6,11,13,15H,4,7-10,12,19H2,1-3H3. The number of carbonyl (C=O) groups is 1. The van der Waals surface area contributed by atoms with E-state index < -0.39 is 0 Å². The summed E-state index contributed by atoms with van der Waals surface area (Å²) in [5.74, 6) is 2.39. The Labute approximate surface area is 138 Å². The van der Waals surface area contributed by atoms with Crippen LogP contribution in [0.3, 0.4) is 0 Å². The summed E-state index contributed by atoms with van der Waals surface area (Å²) in [5, 5.41) is 0. The van der Waals surface area contributed by atoms with Gasteiger partial charge in [0.1, 0.15) is 11.5 Å². The molecular formula is C18H28N2O3. The zero-order valence-electron chi connectivity index (χ0n) is 14.4. The van der Waals surface area contributed by atoms with Crippen molar-refractivity contribution in [2.75, 3.05) is 27.3 Å². The number of nitrogens with zero attached hydrogens (tertiary/aromatic N) is 1.